The lowest BCUT2D eigenvalue weighted by molar-refractivity contribution is 0.670. The molecule has 1 aromatic carbocycles. The van der Waals surface area contributed by atoms with Gasteiger partial charge in [-0.1, -0.05) is 92.3 Å². The van der Waals surface area contributed by atoms with Gasteiger partial charge in [0.05, 0.1) is 8.07 Å². The molecule has 1 aromatic heterocycles. The van der Waals surface area contributed by atoms with E-state index in [1.54, 1.807) is 10.3 Å². The number of aryl methyl sites for hydroxylation is 1. The normalized spacial score (nSPS) is 13.9. The zero-order chi connectivity index (χ0) is 19.3. The number of hydrogen-bond donors (Lipinski definition) is 0. The first kappa shape index (κ1) is 21.7. The van der Waals surface area contributed by atoms with E-state index in [0.717, 1.165) is 16.6 Å². The minimum Gasteiger partial charge on any atom is -0.140 e. The van der Waals surface area contributed by atoms with Gasteiger partial charge in [-0.05, 0) is 46.1 Å². The highest BCUT2D eigenvalue weighted by Gasteiger charge is 2.47. The number of fused-ring (bicyclic) bond motifs is 1. The van der Waals surface area contributed by atoms with Crippen molar-refractivity contribution in [2.45, 2.75) is 104 Å². The van der Waals surface area contributed by atoms with E-state index in [1.165, 1.54) is 43.2 Å². The summed E-state index contributed by atoms with van der Waals surface area (Å²) in [7, 11) is -1.64. The van der Waals surface area contributed by atoms with E-state index in [-0.39, 0.29) is 0 Å². The van der Waals surface area contributed by atoms with E-state index in [1.807, 2.05) is 5.19 Å². The van der Waals surface area contributed by atoms with E-state index >= 15 is 0 Å². The predicted molar refractivity (Wildman–Crippen MR) is 125 cm³/mol. The van der Waals surface area contributed by atoms with Crippen LogP contribution in [0.3, 0.4) is 0 Å². The standard InChI is InChI=1S/C24H40SSi/c1-8-10-11-12-17-23-24(21-15-13-14-16-22(21)25-23)26(18(3)4,19(5)6)20(7)9-2/h13-16,18-20H,8-12,17H2,1-7H3. The fourth-order valence-corrected chi connectivity index (χ4v) is 14.6. The van der Waals surface area contributed by atoms with Gasteiger partial charge in [0.25, 0.3) is 0 Å². The molecule has 0 aliphatic rings. The van der Waals surface area contributed by atoms with Crippen LogP contribution in [0.25, 0.3) is 10.1 Å². The molecular weight excluding hydrogens is 348 g/mol. The molecule has 0 nitrogen and oxygen atoms in total. The molecule has 0 fully saturated rings. The molecule has 146 valence electrons. The van der Waals surface area contributed by atoms with Crippen LogP contribution in [-0.4, -0.2) is 8.07 Å². The second-order valence-electron chi connectivity index (χ2n) is 8.76. The number of unbranched alkanes of at least 4 members (excludes halogenated alkanes) is 3. The summed E-state index contributed by atoms with van der Waals surface area (Å²) in [6.45, 7) is 17.4. The molecule has 1 unspecified atom stereocenters. The van der Waals surface area contributed by atoms with Crippen LogP contribution in [0.5, 0.6) is 0 Å². The summed E-state index contributed by atoms with van der Waals surface area (Å²) in [6, 6.07) is 9.26. The van der Waals surface area contributed by atoms with Crippen molar-refractivity contribution in [3.63, 3.8) is 0 Å². The van der Waals surface area contributed by atoms with Gasteiger partial charge in [0.2, 0.25) is 0 Å². The molecule has 26 heavy (non-hydrogen) atoms. The molecule has 0 saturated carbocycles. The SMILES string of the molecule is CCCCCCc1sc2ccccc2c1[Si](C(C)C)(C(C)C)C(C)CC. The summed E-state index contributed by atoms with van der Waals surface area (Å²) in [5.74, 6) is 0. The van der Waals surface area contributed by atoms with E-state index in [9.17, 15) is 0 Å². The van der Waals surface area contributed by atoms with Crippen molar-refractivity contribution in [2.75, 3.05) is 0 Å². The third-order valence-electron chi connectivity index (χ3n) is 6.70. The fourth-order valence-electron chi connectivity index (χ4n) is 5.43. The van der Waals surface area contributed by atoms with Gasteiger partial charge in [-0.2, -0.15) is 0 Å². The van der Waals surface area contributed by atoms with Crippen molar-refractivity contribution >= 4 is 34.7 Å². The van der Waals surface area contributed by atoms with Crippen molar-refractivity contribution in [2.24, 2.45) is 0 Å². The quantitative estimate of drug-likeness (QED) is 0.283. The van der Waals surface area contributed by atoms with Crippen LogP contribution >= 0.6 is 11.3 Å². The molecule has 0 N–H and O–H groups in total. The Hall–Kier alpha value is -0.603. The summed E-state index contributed by atoms with van der Waals surface area (Å²) in [5, 5.41) is 3.44. The Morgan fingerprint density at radius 3 is 2.12 bits per heavy atom. The topological polar surface area (TPSA) is 0 Å². The molecule has 0 bridgehead atoms. The average Bonchev–Trinajstić information content (AvgIpc) is 2.97. The minimum absolute atomic E-state index is 0.782. The summed E-state index contributed by atoms with van der Waals surface area (Å²) in [6.07, 6.45) is 8.03. The molecule has 2 aromatic rings. The second-order valence-corrected chi connectivity index (χ2v) is 15.6. The van der Waals surface area contributed by atoms with E-state index in [4.69, 9.17) is 0 Å². The second kappa shape index (κ2) is 9.55. The Bertz CT molecular complexity index is 675. The van der Waals surface area contributed by atoms with Crippen LogP contribution in [0.2, 0.25) is 16.6 Å². The first-order valence-corrected chi connectivity index (χ1v) is 14.0. The lowest BCUT2D eigenvalue weighted by Crippen LogP contribution is -2.57. The van der Waals surface area contributed by atoms with Crippen molar-refractivity contribution in [3.05, 3.63) is 29.1 Å². The molecular formula is C24H40SSi. The van der Waals surface area contributed by atoms with Crippen LogP contribution in [0.1, 0.15) is 85.4 Å². The fraction of sp³-hybridized carbons (Fsp3) is 0.667. The zero-order valence-corrected chi connectivity index (χ0v) is 20.0. The Balaban J connectivity index is 2.65. The van der Waals surface area contributed by atoms with Crippen molar-refractivity contribution < 1.29 is 0 Å². The van der Waals surface area contributed by atoms with Crippen LogP contribution in [-0.2, 0) is 6.42 Å². The van der Waals surface area contributed by atoms with Gasteiger partial charge in [-0.15, -0.1) is 11.3 Å². The minimum atomic E-state index is -1.64. The van der Waals surface area contributed by atoms with Crippen LogP contribution in [0, 0.1) is 0 Å². The van der Waals surface area contributed by atoms with Crippen molar-refractivity contribution in [1.29, 1.82) is 0 Å². The zero-order valence-electron chi connectivity index (χ0n) is 18.2. The van der Waals surface area contributed by atoms with E-state index < -0.39 is 8.07 Å². The van der Waals surface area contributed by atoms with Gasteiger partial charge >= 0.3 is 0 Å². The molecule has 1 heterocycles. The lowest BCUT2D eigenvalue weighted by atomic mass is 10.1. The Morgan fingerprint density at radius 2 is 1.54 bits per heavy atom. The Kier molecular flexibility index (Phi) is 7.97. The monoisotopic (exact) mass is 388 g/mol. The first-order chi connectivity index (χ1) is 12.4. The van der Waals surface area contributed by atoms with E-state index in [2.05, 4.69) is 84.1 Å². The number of thiophene rings is 1. The van der Waals surface area contributed by atoms with Crippen LogP contribution in [0.15, 0.2) is 24.3 Å². The Morgan fingerprint density at radius 1 is 0.885 bits per heavy atom. The molecule has 0 spiro atoms. The maximum Gasteiger partial charge on any atom is 0.0967 e. The lowest BCUT2D eigenvalue weighted by Gasteiger charge is -2.45. The summed E-state index contributed by atoms with van der Waals surface area (Å²) in [4.78, 5) is 1.73. The number of rotatable bonds is 10. The van der Waals surface area contributed by atoms with E-state index in [0.29, 0.717) is 0 Å². The summed E-state index contributed by atoms with van der Waals surface area (Å²) in [5.41, 5.74) is 2.39. The number of benzene rings is 1. The van der Waals surface area contributed by atoms with Gasteiger partial charge in [-0.3, -0.25) is 0 Å². The molecule has 2 heteroatoms. The molecule has 0 radical (unpaired) electrons. The maximum atomic E-state index is 2.56. The predicted octanol–water partition coefficient (Wildman–Crippen LogP) is 8.30. The third kappa shape index (κ3) is 3.97. The Labute approximate surface area is 167 Å². The first-order valence-electron chi connectivity index (χ1n) is 10.9. The molecule has 0 aliphatic carbocycles. The van der Waals surface area contributed by atoms with Gasteiger partial charge in [0, 0.05) is 9.58 Å². The molecule has 0 saturated heterocycles. The molecule has 0 amide bonds. The summed E-state index contributed by atoms with van der Waals surface area (Å²) < 4.78 is 1.52. The molecule has 1 atom stereocenters. The van der Waals surface area contributed by atoms with Crippen LogP contribution in [0.4, 0.5) is 0 Å². The smallest absolute Gasteiger partial charge is 0.0967 e. The average molecular weight is 389 g/mol. The maximum absolute atomic E-state index is 2.56. The highest BCUT2D eigenvalue weighted by atomic mass is 32.1. The van der Waals surface area contributed by atoms with Crippen molar-refractivity contribution in [3.8, 4) is 0 Å². The third-order valence-corrected chi connectivity index (χ3v) is 15.4. The van der Waals surface area contributed by atoms with Gasteiger partial charge in [-0.25, -0.2) is 0 Å². The van der Waals surface area contributed by atoms with Crippen molar-refractivity contribution in [1.82, 2.24) is 0 Å². The van der Waals surface area contributed by atoms with Gasteiger partial charge < -0.3 is 0 Å². The largest absolute Gasteiger partial charge is 0.140 e. The highest BCUT2D eigenvalue weighted by molar-refractivity contribution is 7.22. The van der Waals surface area contributed by atoms with Crippen LogP contribution < -0.4 is 5.19 Å². The molecule has 2 rings (SSSR count). The number of hydrogen-bond acceptors (Lipinski definition) is 1. The van der Waals surface area contributed by atoms with Gasteiger partial charge in [0.15, 0.2) is 0 Å². The summed E-state index contributed by atoms with van der Waals surface area (Å²) >= 11 is 2.11. The molecule has 0 aliphatic heterocycles. The highest BCUT2D eigenvalue weighted by Crippen LogP contribution is 2.46. The van der Waals surface area contributed by atoms with Gasteiger partial charge in [0.1, 0.15) is 0 Å².